The highest BCUT2D eigenvalue weighted by Gasteiger charge is 2.17. The van der Waals surface area contributed by atoms with Gasteiger partial charge < -0.3 is 25.0 Å². The number of anilines is 1. The average molecular weight is 411 g/mol. The van der Waals surface area contributed by atoms with Gasteiger partial charge in [0.15, 0.2) is 11.5 Å². The van der Waals surface area contributed by atoms with Crippen molar-refractivity contribution >= 4 is 23.4 Å². The molecule has 8 heteroatoms. The van der Waals surface area contributed by atoms with E-state index in [1.165, 1.54) is 4.90 Å². The Kier molecular flexibility index (Phi) is 7.26. The zero-order valence-electron chi connectivity index (χ0n) is 16.8. The Morgan fingerprint density at radius 2 is 1.73 bits per heavy atom. The predicted molar refractivity (Wildman–Crippen MR) is 112 cm³/mol. The van der Waals surface area contributed by atoms with Crippen LogP contribution in [0.4, 0.5) is 5.69 Å². The fourth-order valence-electron chi connectivity index (χ4n) is 3.00. The van der Waals surface area contributed by atoms with Crippen molar-refractivity contribution in [2.45, 2.75) is 13.3 Å². The van der Waals surface area contributed by atoms with E-state index in [2.05, 4.69) is 10.6 Å². The van der Waals surface area contributed by atoms with Crippen molar-refractivity contribution < 1.29 is 23.9 Å². The third kappa shape index (κ3) is 5.73. The van der Waals surface area contributed by atoms with Crippen LogP contribution in [-0.4, -0.2) is 55.5 Å². The number of nitrogens with zero attached hydrogens (tertiary/aromatic N) is 1. The summed E-state index contributed by atoms with van der Waals surface area (Å²) in [6.07, 6.45) is 0.115. The van der Waals surface area contributed by atoms with E-state index in [0.29, 0.717) is 42.5 Å². The van der Waals surface area contributed by atoms with E-state index >= 15 is 0 Å². The molecule has 0 aliphatic carbocycles. The number of fused-ring (bicyclic) bond motifs is 1. The lowest BCUT2D eigenvalue weighted by Crippen LogP contribution is -2.39. The summed E-state index contributed by atoms with van der Waals surface area (Å²) in [6.45, 7) is 3.28. The highest BCUT2D eigenvalue weighted by Crippen LogP contribution is 2.32. The van der Waals surface area contributed by atoms with Crippen LogP contribution in [0.5, 0.6) is 11.5 Å². The van der Waals surface area contributed by atoms with E-state index in [4.69, 9.17) is 9.47 Å². The van der Waals surface area contributed by atoms with Gasteiger partial charge in [0.05, 0.1) is 6.54 Å². The first-order valence-electron chi connectivity index (χ1n) is 9.87. The van der Waals surface area contributed by atoms with Crippen molar-refractivity contribution in [2.24, 2.45) is 0 Å². The summed E-state index contributed by atoms with van der Waals surface area (Å²) in [5.41, 5.74) is 1.11. The van der Waals surface area contributed by atoms with Crippen LogP contribution in [0.25, 0.3) is 0 Å². The molecule has 1 aliphatic heterocycles. The largest absolute Gasteiger partial charge is 0.486 e. The molecule has 0 unspecified atom stereocenters. The van der Waals surface area contributed by atoms with Crippen molar-refractivity contribution in [3.63, 3.8) is 0 Å². The maximum absolute atomic E-state index is 12.4. The Balaban J connectivity index is 1.46. The van der Waals surface area contributed by atoms with Crippen LogP contribution in [0.15, 0.2) is 48.5 Å². The summed E-state index contributed by atoms with van der Waals surface area (Å²) < 4.78 is 11.0. The SMILES string of the molecule is CCN(CC(=O)Nc1ccc2c(c1)OCCO2)C(=O)CCNC(=O)c1ccccc1. The number of nitrogens with one attached hydrogen (secondary N) is 2. The van der Waals surface area contributed by atoms with Gasteiger partial charge in [-0.1, -0.05) is 18.2 Å². The van der Waals surface area contributed by atoms with Gasteiger partial charge in [-0.2, -0.15) is 0 Å². The molecule has 3 rings (SSSR count). The van der Waals surface area contributed by atoms with Crippen LogP contribution in [0.3, 0.4) is 0 Å². The van der Waals surface area contributed by atoms with E-state index in [1.54, 1.807) is 49.4 Å². The van der Waals surface area contributed by atoms with Gasteiger partial charge in [0, 0.05) is 36.8 Å². The van der Waals surface area contributed by atoms with E-state index < -0.39 is 0 Å². The summed E-state index contributed by atoms with van der Waals surface area (Å²) in [6, 6.07) is 14.0. The van der Waals surface area contributed by atoms with Crippen molar-refractivity contribution in [3.8, 4) is 11.5 Å². The van der Waals surface area contributed by atoms with Crippen molar-refractivity contribution in [1.29, 1.82) is 0 Å². The molecule has 0 aromatic heterocycles. The van der Waals surface area contributed by atoms with Crippen LogP contribution in [0.2, 0.25) is 0 Å². The van der Waals surface area contributed by atoms with E-state index in [-0.39, 0.29) is 37.2 Å². The first-order chi connectivity index (χ1) is 14.6. The minimum Gasteiger partial charge on any atom is -0.486 e. The summed E-state index contributed by atoms with van der Waals surface area (Å²) >= 11 is 0. The van der Waals surface area contributed by atoms with Gasteiger partial charge in [0.25, 0.3) is 5.91 Å². The molecule has 30 heavy (non-hydrogen) atoms. The van der Waals surface area contributed by atoms with E-state index in [9.17, 15) is 14.4 Å². The maximum atomic E-state index is 12.4. The number of carbonyl (C=O) groups excluding carboxylic acids is 3. The Morgan fingerprint density at radius 3 is 2.47 bits per heavy atom. The molecule has 0 saturated heterocycles. The molecule has 1 heterocycles. The Morgan fingerprint density at radius 1 is 1.00 bits per heavy atom. The van der Waals surface area contributed by atoms with Gasteiger partial charge in [-0.3, -0.25) is 14.4 Å². The molecule has 8 nitrogen and oxygen atoms in total. The van der Waals surface area contributed by atoms with Crippen molar-refractivity contribution in [1.82, 2.24) is 10.2 Å². The van der Waals surface area contributed by atoms with E-state index in [0.717, 1.165) is 0 Å². The lowest BCUT2D eigenvalue weighted by Gasteiger charge is -2.21. The van der Waals surface area contributed by atoms with Crippen molar-refractivity contribution in [2.75, 3.05) is 38.2 Å². The number of ether oxygens (including phenoxy) is 2. The molecule has 0 spiro atoms. The molecule has 2 aromatic rings. The molecule has 2 N–H and O–H groups in total. The first-order valence-corrected chi connectivity index (χ1v) is 9.87. The fraction of sp³-hybridized carbons (Fsp3) is 0.318. The Hall–Kier alpha value is -3.55. The number of likely N-dealkylation sites (N-methyl/N-ethyl adjacent to an activating group) is 1. The van der Waals surface area contributed by atoms with Gasteiger partial charge in [0.1, 0.15) is 13.2 Å². The third-order valence-corrected chi connectivity index (χ3v) is 4.56. The zero-order chi connectivity index (χ0) is 21.3. The number of hydrogen-bond donors (Lipinski definition) is 2. The average Bonchev–Trinajstić information content (AvgIpc) is 2.77. The minimum absolute atomic E-state index is 0.0730. The summed E-state index contributed by atoms with van der Waals surface area (Å²) in [4.78, 5) is 38.3. The lowest BCUT2D eigenvalue weighted by molar-refractivity contribution is -0.134. The molecule has 0 fully saturated rings. The maximum Gasteiger partial charge on any atom is 0.251 e. The minimum atomic E-state index is -0.310. The van der Waals surface area contributed by atoms with Crippen LogP contribution in [-0.2, 0) is 9.59 Å². The normalized spacial score (nSPS) is 12.0. The molecule has 1 aliphatic rings. The Bertz CT molecular complexity index is 901. The molecule has 158 valence electrons. The monoisotopic (exact) mass is 411 g/mol. The quantitative estimate of drug-likeness (QED) is 0.693. The standard InChI is InChI=1S/C22H25N3O5/c1-2-25(21(27)10-11-23-22(28)16-6-4-3-5-7-16)15-20(26)24-17-8-9-18-19(14-17)30-13-12-29-18/h3-9,14H,2,10-13,15H2,1H3,(H,23,28)(H,24,26). The molecule has 0 atom stereocenters. The first kappa shape index (κ1) is 21.2. The molecule has 2 aromatic carbocycles. The summed E-state index contributed by atoms with van der Waals surface area (Å²) in [5.74, 6) is 0.472. The van der Waals surface area contributed by atoms with Gasteiger partial charge in [0.2, 0.25) is 11.8 Å². The second-order valence-electron chi connectivity index (χ2n) is 6.69. The van der Waals surface area contributed by atoms with Gasteiger partial charge >= 0.3 is 0 Å². The zero-order valence-corrected chi connectivity index (χ0v) is 16.8. The molecular formula is C22H25N3O5. The number of carbonyl (C=O) groups is 3. The van der Waals surface area contributed by atoms with Gasteiger partial charge in [-0.15, -0.1) is 0 Å². The van der Waals surface area contributed by atoms with Gasteiger partial charge in [-0.25, -0.2) is 0 Å². The molecule has 0 bridgehead atoms. The summed E-state index contributed by atoms with van der Waals surface area (Å²) in [7, 11) is 0. The van der Waals surface area contributed by atoms with Crippen LogP contribution < -0.4 is 20.1 Å². The third-order valence-electron chi connectivity index (χ3n) is 4.56. The highest BCUT2D eigenvalue weighted by molar-refractivity contribution is 5.95. The predicted octanol–water partition coefficient (Wildman–Crippen LogP) is 2.06. The second kappa shape index (κ2) is 10.3. The van der Waals surface area contributed by atoms with Crippen LogP contribution in [0.1, 0.15) is 23.7 Å². The lowest BCUT2D eigenvalue weighted by atomic mass is 10.2. The topological polar surface area (TPSA) is 97.0 Å². The number of hydrogen-bond acceptors (Lipinski definition) is 5. The molecular weight excluding hydrogens is 386 g/mol. The highest BCUT2D eigenvalue weighted by atomic mass is 16.6. The molecule has 3 amide bonds. The number of rotatable bonds is 8. The smallest absolute Gasteiger partial charge is 0.251 e. The van der Waals surface area contributed by atoms with Crippen molar-refractivity contribution in [3.05, 3.63) is 54.1 Å². The molecule has 0 saturated carbocycles. The number of amides is 3. The molecule has 0 radical (unpaired) electrons. The Labute approximate surface area is 175 Å². The van der Waals surface area contributed by atoms with Gasteiger partial charge in [-0.05, 0) is 31.2 Å². The second-order valence-corrected chi connectivity index (χ2v) is 6.69. The summed E-state index contributed by atoms with van der Waals surface area (Å²) in [5, 5.41) is 5.49. The fourth-order valence-corrected chi connectivity index (χ4v) is 3.00. The number of benzene rings is 2. The van der Waals surface area contributed by atoms with Crippen LogP contribution >= 0.6 is 0 Å². The van der Waals surface area contributed by atoms with E-state index in [1.807, 2.05) is 6.07 Å². The van der Waals surface area contributed by atoms with Crippen LogP contribution in [0, 0.1) is 0 Å².